The normalized spacial score (nSPS) is 13.6. The van der Waals surface area contributed by atoms with Gasteiger partial charge in [0.2, 0.25) is 0 Å². The summed E-state index contributed by atoms with van der Waals surface area (Å²) < 4.78 is 0. The fraction of sp³-hybridized carbons (Fsp3) is 0.143. The van der Waals surface area contributed by atoms with Gasteiger partial charge in [0.1, 0.15) is 5.82 Å². The number of aromatic nitrogens is 2. The molecule has 0 saturated heterocycles. The number of hydrogen-bond donors (Lipinski definition) is 1. The van der Waals surface area contributed by atoms with Crippen LogP contribution in [0.15, 0.2) is 12.3 Å². The lowest BCUT2D eigenvalue weighted by molar-refractivity contribution is 1.02. The summed E-state index contributed by atoms with van der Waals surface area (Å²) in [5, 5.41) is 7.47. The summed E-state index contributed by atoms with van der Waals surface area (Å²) in [5.74, 6) is 0.558. The van der Waals surface area contributed by atoms with Crippen LogP contribution in [0.5, 0.6) is 0 Å². The second-order valence-corrected chi connectivity index (χ2v) is 2.27. The van der Waals surface area contributed by atoms with Crippen molar-refractivity contribution in [1.82, 2.24) is 10.2 Å². The van der Waals surface area contributed by atoms with Gasteiger partial charge in [-0.25, -0.2) is 0 Å². The molecule has 0 atom stereocenters. The van der Waals surface area contributed by atoms with Crippen LogP contribution < -0.4 is 5.73 Å². The van der Waals surface area contributed by atoms with Gasteiger partial charge in [0.15, 0.2) is 0 Å². The molecule has 10 heavy (non-hydrogen) atoms. The molecular formula is C7H7N3. The molecule has 50 valence electrons. The molecule has 1 aliphatic rings. The molecule has 1 heterocycles. The van der Waals surface area contributed by atoms with Crippen LogP contribution in [-0.2, 0) is 6.42 Å². The molecule has 0 aliphatic heterocycles. The van der Waals surface area contributed by atoms with Crippen molar-refractivity contribution in [3.63, 3.8) is 0 Å². The Morgan fingerprint density at radius 1 is 1.50 bits per heavy atom. The molecule has 3 heteroatoms. The summed E-state index contributed by atoms with van der Waals surface area (Å²) in [4.78, 5) is 0. The molecule has 2 N–H and O–H groups in total. The van der Waals surface area contributed by atoms with Crippen LogP contribution in [0.3, 0.4) is 0 Å². The van der Waals surface area contributed by atoms with Crippen LogP contribution in [0.25, 0.3) is 6.08 Å². The van der Waals surface area contributed by atoms with Gasteiger partial charge < -0.3 is 5.73 Å². The van der Waals surface area contributed by atoms with Gasteiger partial charge in [-0.15, -0.1) is 5.10 Å². The highest BCUT2D eigenvalue weighted by atomic mass is 15.1. The third kappa shape index (κ3) is 0.603. The topological polar surface area (TPSA) is 51.8 Å². The molecular weight excluding hydrogens is 126 g/mol. The van der Waals surface area contributed by atoms with Crippen molar-refractivity contribution in [2.45, 2.75) is 6.42 Å². The summed E-state index contributed by atoms with van der Waals surface area (Å²) in [6.07, 6.45) is 6.70. The maximum Gasteiger partial charge on any atom is 0.150 e. The number of fused-ring (bicyclic) bond motifs is 1. The quantitative estimate of drug-likeness (QED) is 0.564. The van der Waals surface area contributed by atoms with Gasteiger partial charge in [-0.3, -0.25) is 0 Å². The Bertz CT molecular complexity index is 291. The van der Waals surface area contributed by atoms with E-state index in [0.717, 1.165) is 17.5 Å². The Kier molecular flexibility index (Phi) is 0.974. The number of nitrogen functional groups attached to an aromatic ring is 1. The molecule has 0 spiro atoms. The van der Waals surface area contributed by atoms with Crippen molar-refractivity contribution in [2.75, 3.05) is 5.73 Å². The van der Waals surface area contributed by atoms with E-state index in [4.69, 9.17) is 5.73 Å². The molecule has 1 aromatic rings. The number of rotatable bonds is 0. The van der Waals surface area contributed by atoms with Gasteiger partial charge in [-0.2, -0.15) is 5.10 Å². The van der Waals surface area contributed by atoms with E-state index >= 15 is 0 Å². The minimum atomic E-state index is 0.558. The number of hydrogen-bond acceptors (Lipinski definition) is 3. The molecule has 0 amide bonds. The molecule has 0 aromatic carbocycles. The van der Waals surface area contributed by atoms with E-state index in [-0.39, 0.29) is 0 Å². The Morgan fingerprint density at radius 3 is 3.20 bits per heavy atom. The van der Waals surface area contributed by atoms with E-state index < -0.39 is 0 Å². The van der Waals surface area contributed by atoms with Crippen molar-refractivity contribution in [2.24, 2.45) is 0 Å². The maximum atomic E-state index is 5.56. The summed E-state index contributed by atoms with van der Waals surface area (Å²) in [5.41, 5.74) is 7.77. The fourth-order valence-corrected chi connectivity index (χ4v) is 1.11. The Labute approximate surface area is 58.6 Å². The van der Waals surface area contributed by atoms with Gasteiger partial charge >= 0.3 is 0 Å². The third-order valence-corrected chi connectivity index (χ3v) is 1.64. The molecule has 3 nitrogen and oxygen atoms in total. The monoisotopic (exact) mass is 133 g/mol. The summed E-state index contributed by atoms with van der Waals surface area (Å²) in [6.45, 7) is 0. The van der Waals surface area contributed by atoms with Gasteiger partial charge in [-0.05, 0) is 6.42 Å². The first-order chi connectivity index (χ1) is 4.88. The predicted octanol–water partition coefficient (Wildman–Crippen LogP) is 0.628. The summed E-state index contributed by atoms with van der Waals surface area (Å²) >= 11 is 0. The summed E-state index contributed by atoms with van der Waals surface area (Å²) in [7, 11) is 0. The average molecular weight is 133 g/mol. The van der Waals surface area contributed by atoms with Crippen molar-refractivity contribution in [3.05, 3.63) is 23.4 Å². The zero-order chi connectivity index (χ0) is 6.97. The number of allylic oxidation sites excluding steroid dienone is 1. The first-order valence-electron chi connectivity index (χ1n) is 3.14. The van der Waals surface area contributed by atoms with E-state index in [9.17, 15) is 0 Å². The van der Waals surface area contributed by atoms with Crippen LogP contribution in [0.2, 0.25) is 0 Å². The Balaban J connectivity index is 2.66. The Morgan fingerprint density at radius 2 is 2.40 bits per heavy atom. The fourth-order valence-electron chi connectivity index (χ4n) is 1.11. The molecule has 0 radical (unpaired) electrons. The second-order valence-electron chi connectivity index (χ2n) is 2.27. The largest absolute Gasteiger partial charge is 0.382 e. The standard InChI is InChI=1S/C7H7N3/c8-7-6-3-1-2-5(6)4-9-10-7/h1-2,4H,3H2,(H2,8,10). The van der Waals surface area contributed by atoms with Crippen LogP contribution >= 0.6 is 0 Å². The zero-order valence-corrected chi connectivity index (χ0v) is 5.41. The number of anilines is 1. The first-order valence-corrected chi connectivity index (χ1v) is 3.14. The number of nitrogens with zero attached hydrogens (tertiary/aromatic N) is 2. The smallest absolute Gasteiger partial charge is 0.150 e. The van der Waals surface area contributed by atoms with Crippen molar-refractivity contribution in [1.29, 1.82) is 0 Å². The lowest BCUT2D eigenvalue weighted by atomic mass is 10.2. The van der Waals surface area contributed by atoms with Gasteiger partial charge in [-0.1, -0.05) is 12.2 Å². The molecule has 0 fully saturated rings. The van der Waals surface area contributed by atoms with E-state index in [1.165, 1.54) is 0 Å². The Hall–Kier alpha value is -1.38. The highest BCUT2D eigenvalue weighted by Crippen LogP contribution is 2.21. The van der Waals surface area contributed by atoms with E-state index in [2.05, 4.69) is 16.3 Å². The first kappa shape index (κ1) is 5.41. The highest BCUT2D eigenvalue weighted by molar-refractivity contribution is 5.64. The van der Waals surface area contributed by atoms with E-state index in [1.807, 2.05) is 6.08 Å². The lowest BCUT2D eigenvalue weighted by Gasteiger charge is -1.98. The van der Waals surface area contributed by atoms with E-state index in [1.54, 1.807) is 6.20 Å². The molecule has 0 bridgehead atoms. The van der Waals surface area contributed by atoms with Crippen LogP contribution in [0.1, 0.15) is 11.1 Å². The molecule has 1 aromatic heterocycles. The SMILES string of the molecule is Nc1nncc2c1CC=C2. The molecule has 0 saturated carbocycles. The number of nitrogens with two attached hydrogens (primary N) is 1. The average Bonchev–Trinajstić information content (AvgIpc) is 2.36. The molecule has 2 rings (SSSR count). The second kappa shape index (κ2) is 1.80. The minimum Gasteiger partial charge on any atom is -0.382 e. The molecule has 1 aliphatic carbocycles. The van der Waals surface area contributed by atoms with Crippen molar-refractivity contribution >= 4 is 11.9 Å². The maximum absolute atomic E-state index is 5.56. The third-order valence-electron chi connectivity index (χ3n) is 1.64. The lowest BCUT2D eigenvalue weighted by Crippen LogP contribution is -1.98. The minimum absolute atomic E-state index is 0.558. The zero-order valence-electron chi connectivity index (χ0n) is 5.41. The van der Waals surface area contributed by atoms with Gasteiger partial charge in [0.25, 0.3) is 0 Å². The van der Waals surface area contributed by atoms with Crippen molar-refractivity contribution in [3.8, 4) is 0 Å². The van der Waals surface area contributed by atoms with Crippen LogP contribution in [0.4, 0.5) is 5.82 Å². The highest BCUT2D eigenvalue weighted by Gasteiger charge is 2.08. The molecule has 0 unspecified atom stereocenters. The summed E-state index contributed by atoms with van der Waals surface area (Å²) in [6, 6.07) is 0. The van der Waals surface area contributed by atoms with Crippen molar-refractivity contribution < 1.29 is 0 Å². The van der Waals surface area contributed by atoms with Crippen LogP contribution in [-0.4, -0.2) is 10.2 Å². The van der Waals surface area contributed by atoms with Crippen LogP contribution in [0, 0.1) is 0 Å². The predicted molar refractivity (Wildman–Crippen MR) is 39.2 cm³/mol. The van der Waals surface area contributed by atoms with E-state index in [0.29, 0.717) is 5.82 Å². The van der Waals surface area contributed by atoms with Gasteiger partial charge in [0.05, 0.1) is 6.20 Å². The van der Waals surface area contributed by atoms with Gasteiger partial charge in [0, 0.05) is 11.1 Å².